The summed E-state index contributed by atoms with van der Waals surface area (Å²) in [6, 6.07) is 2.04. The predicted molar refractivity (Wildman–Crippen MR) is 85.7 cm³/mol. The molecule has 2 heterocycles. The fourth-order valence-electron chi connectivity index (χ4n) is 2.58. The van der Waals surface area contributed by atoms with Gasteiger partial charge in [-0.15, -0.1) is 11.3 Å². The van der Waals surface area contributed by atoms with Gasteiger partial charge in [0.05, 0.1) is 0 Å². The Bertz CT molecular complexity index is 823. The van der Waals surface area contributed by atoms with Crippen molar-refractivity contribution in [1.29, 1.82) is 0 Å². The van der Waals surface area contributed by atoms with Crippen LogP contribution in [0.2, 0.25) is 0 Å². The van der Waals surface area contributed by atoms with Crippen LogP contribution in [-0.4, -0.2) is 28.9 Å². The fourth-order valence-corrected chi connectivity index (χ4v) is 3.66. The average Bonchev–Trinajstić information content (AvgIpc) is 3.00. The number of thiophene rings is 1. The molecule has 0 saturated heterocycles. The van der Waals surface area contributed by atoms with Gasteiger partial charge in [-0.1, -0.05) is 18.2 Å². The third-order valence-electron chi connectivity index (χ3n) is 3.51. The van der Waals surface area contributed by atoms with E-state index >= 15 is 0 Å². The number of hydrogen-bond acceptors (Lipinski definition) is 5. The van der Waals surface area contributed by atoms with E-state index in [-0.39, 0.29) is 12.4 Å². The molecule has 114 valence electrons. The summed E-state index contributed by atoms with van der Waals surface area (Å²) in [7, 11) is 0. The Morgan fingerprint density at radius 3 is 3.00 bits per heavy atom. The van der Waals surface area contributed by atoms with E-state index in [9.17, 15) is 9.90 Å². The molecule has 0 aromatic carbocycles. The summed E-state index contributed by atoms with van der Waals surface area (Å²) in [6.45, 7) is 2.13. The molecule has 1 aromatic rings. The normalized spacial score (nSPS) is 20.5. The summed E-state index contributed by atoms with van der Waals surface area (Å²) in [6.07, 6.45) is 9.13. The van der Waals surface area contributed by atoms with Gasteiger partial charge in [-0.25, -0.2) is 4.79 Å². The first-order valence-electron chi connectivity index (χ1n) is 7.03. The molecular formula is C17H16O4S. The zero-order valence-corrected chi connectivity index (χ0v) is 12.9. The van der Waals surface area contributed by atoms with Crippen molar-refractivity contribution in [3.05, 3.63) is 56.3 Å². The number of cyclic esters (lactones) is 1. The molecule has 1 aromatic heterocycles. The molecule has 1 aliphatic carbocycles. The number of carbonyl (C=O) groups is 1. The molecule has 5 heteroatoms. The quantitative estimate of drug-likeness (QED) is 0.648. The lowest BCUT2D eigenvalue weighted by Gasteiger charge is -2.22. The second-order valence-electron chi connectivity index (χ2n) is 5.11. The van der Waals surface area contributed by atoms with Crippen molar-refractivity contribution in [2.45, 2.75) is 19.4 Å². The van der Waals surface area contributed by atoms with Crippen molar-refractivity contribution in [3.63, 3.8) is 0 Å². The van der Waals surface area contributed by atoms with Crippen LogP contribution in [0.5, 0.6) is 0 Å². The second-order valence-corrected chi connectivity index (χ2v) is 6.37. The maximum atomic E-state index is 11.8. The van der Waals surface area contributed by atoms with Crippen molar-refractivity contribution in [2.75, 3.05) is 6.61 Å². The van der Waals surface area contributed by atoms with Crippen LogP contribution in [0.1, 0.15) is 11.3 Å². The lowest BCUT2D eigenvalue weighted by atomic mass is 9.99. The Labute approximate surface area is 131 Å². The van der Waals surface area contributed by atoms with Gasteiger partial charge < -0.3 is 14.9 Å². The Hall–Kier alpha value is -2.11. The molecule has 1 unspecified atom stereocenters. The largest absolute Gasteiger partial charge is 0.501 e. The molecule has 3 rings (SSSR count). The topological polar surface area (TPSA) is 66.8 Å². The van der Waals surface area contributed by atoms with E-state index in [1.165, 1.54) is 4.88 Å². The summed E-state index contributed by atoms with van der Waals surface area (Å²) in [5.74, 6) is -1.02. The molecule has 22 heavy (non-hydrogen) atoms. The summed E-state index contributed by atoms with van der Waals surface area (Å²) in [4.78, 5) is 13.0. The van der Waals surface area contributed by atoms with Crippen LogP contribution in [0.15, 0.2) is 41.7 Å². The van der Waals surface area contributed by atoms with Crippen LogP contribution in [0.3, 0.4) is 0 Å². The van der Waals surface area contributed by atoms with E-state index in [2.05, 4.69) is 0 Å². The van der Waals surface area contributed by atoms with Crippen LogP contribution in [-0.2, 0) is 9.53 Å². The molecule has 1 atom stereocenters. The summed E-state index contributed by atoms with van der Waals surface area (Å²) in [5.41, 5.74) is 1.41. The molecule has 2 aliphatic rings. The van der Waals surface area contributed by atoms with Crippen LogP contribution in [0, 0.1) is 6.92 Å². The van der Waals surface area contributed by atoms with E-state index in [1.54, 1.807) is 23.5 Å². The Morgan fingerprint density at radius 2 is 2.23 bits per heavy atom. The number of carbonyl (C=O) groups excluding carboxylic acids is 1. The van der Waals surface area contributed by atoms with Crippen LogP contribution < -0.4 is 9.75 Å². The van der Waals surface area contributed by atoms with E-state index in [1.807, 2.05) is 31.2 Å². The number of allylic oxidation sites excluding steroid dienone is 2. The zero-order valence-electron chi connectivity index (χ0n) is 12.1. The van der Waals surface area contributed by atoms with Gasteiger partial charge in [0, 0.05) is 27.2 Å². The molecule has 0 amide bonds. The molecule has 0 spiro atoms. The average molecular weight is 316 g/mol. The fraction of sp³-hybridized carbons (Fsp3) is 0.235. The highest BCUT2D eigenvalue weighted by Crippen LogP contribution is 2.31. The van der Waals surface area contributed by atoms with Gasteiger partial charge >= 0.3 is 5.97 Å². The maximum Gasteiger partial charge on any atom is 0.374 e. The first-order chi connectivity index (χ1) is 10.6. The number of hydrogen-bond donors (Lipinski definition) is 2. The highest BCUT2D eigenvalue weighted by Gasteiger charge is 2.34. The van der Waals surface area contributed by atoms with Gasteiger partial charge in [-0.05, 0) is 36.8 Å². The number of fused-ring (bicyclic) bond motifs is 2. The van der Waals surface area contributed by atoms with Crippen molar-refractivity contribution in [1.82, 2.24) is 0 Å². The van der Waals surface area contributed by atoms with E-state index in [0.717, 1.165) is 15.3 Å². The predicted octanol–water partition coefficient (Wildman–Crippen LogP) is 1.23. The first-order valence-corrected chi connectivity index (χ1v) is 7.84. The van der Waals surface area contributed by atoms with Crippen molar-refractivity contribution >= 4 is 29.0 Å². The molecule has 2 N–H and O–H groups in total. The molecule has 0 saturated carbocycles. The lowest BCUT2D eigenvalue weighted by molar-refractivity contribution is -0.143. The van der Waals surface area contributed by atoms with Gasteiger partial charge in [-0.2, -0.15) is 0 Å². The summed E-state index contributed by atoms with van der Waals surface area (Å²) >= 11 is 1.63. The number of esters is 1. The number of ether oxygens (including phenoxy) is 1. The molecule has 0 radical (unpaired) electrons. The standard InChI is InChI=1S/C17H16O4S/c1-10-8-11-9-12-14(16(11)22-10)13(21-17(20)15(12)19)6-4-2-3-5-7-18/h2-4,6,8-9,13,18-19H,5,7H2,1H3/b3-2+,6-4+. The third-order valence-corrected chi connectivity index (χ3v) is 4.61. The van der Waals surface area contributed by atoms with Gasteiger partial charge in [0.1, 0.15) is 6.10 Å². The van der Waals surface area contributed by atoms with Gasteiger partial charge in [-0.3, -0.25) is 0 Å². The molecular weight excluding hydrogens is 300 g/mol. The Kier molecular flexibility index (Phi) is 4.00. The van der Waals surface area contributed by atoms with Crippen molar-refractivity contribution in [2.24, 2.45) is 0 Å². The highest BCUT2D eigenvalue weighted by molar-refractivity contribution is 7.10. The lowest BCUT2D eigenvalue weighted by Crippen LogP contribution is -2.29. The van der Waals surface area contributed by atoms with Gasteiger partial charge in [0.15, 0.2) is 0 Å². The minimum absolute atomic E-state index is 0.105. The molecule has 0 fully saturated rings. The van der Waals surface area contributed by atoms with Gasteiger partial charge in [0.25, 0.3) is 0 Å². The molecule has 1 aliphatic heterocycles. The van der Waals surface area contributed by atoms with E-state index in [0.29, 0.717) is 12.0 Å². The maximum absolute atomic E-state index is 11.8. The SMILES string of the molecule is Cc1cc2c(s1)=C1C(=C(O)C(=O)OC1/C=C/C=C/CCO)C=2. The molecule has 0 bridgehead atoms. The van der Waals surface area contributed by atoms with Crippen molar-refractivity contribution < 1.29 is 19.7 Å². The Morgan fingerprint density at radius 1 is 1.41 bits per heavy atom. The third kappa shape index (κ3) is 2.53. The second kappa shape index (κ2) is 5.94. The van der Waals surface area contributed by atoms with Crippen molar-refractivity contribution in [3.8, 4) is 0 Å². The van der Waals surface area contributed by atoms with Crippen LogP contribution in [0.4, 0.5) is 0 Å². The number of rotatable bonds is 4. The zero-order chi connectivity index (χ0) is 15.7. The minimum atomic E-state index is -0.698. The van der Waals surface area contributed by atoms with Gasteiger partial charge in [0.2, 0.25) is 5.76 Å². The highest BCUT2D eigenvalue weighted by atomic mass is 32.1. The minimum Gasteiger partial charge on any atom is -0.501 e. The smallest absolute Gasteiger partial charge is 0.374 e. The number of aryl methyl sites for hydroxylation is 1. The Balaban J connectivity index is 2.03. The summed E-state index contributed by atoms with van der Waals surface area (Å²) in [5, 5.41) is 19.7. The first kappa shape index (κ1) is 14.8. The van der Waals surface area contributed by atoms with Crippen LogP contribution >= 0.6 is 11.3 Å². The monoisotopic (exact) mass is 316 g/mol. The summed E-state index contributed by atoms with van der Waals surface area (Å²) < 4.78 is 6.36. The van der Waals surface area contributed by atoms with Crippen LogP contribution in [0.25, 0.3) is 11.6 Å². The van der Waals surface area contributed by atoms with E-state index in [4.69, 9.17) is 9.84 Å². The number of aliphatic hydroxyl groups excluding tert-OH is 2. The number of aliphatic hydroxyl groups is 2. The molecule has 4 nitrogen and oxygen atoms in total. The van der Waals surface area contributed by atoms with E-state index < -0.39 is 12.1 Å².